The Bertz CT molecular complexity index is 501. The highest BCUT2D eigenvalue weighted by atomic mass is 35.5. The number of halogens is 1. The van der Waals surface area contributed by atoms with Crippen molar-refractivity contribution < 1.29 is 19.0 Å². The fraction of sp³-hybridized carbons (Fsp3) is 0.588. The summed E-state index contributed by atoms with van der Waals surface area (Å²) in [6.07, 6.45) is 1.35. The third kappa shape index (κ3) is 3.49. The minimum absolute atomic E-state index is 0.0567. The van der Waals surface area contributed by atoms with Gasteiger partial charge in [-0.05, 0) is 36.5 Å². The van der Waals surface area contributed by atoms with E-state index in [1.54, 1.807) is 14.2 Å². The molecule has 0 aromatic heterocycles. The minimum atomic E-state index is -0.747. The van der Waals surface area contributed by atoms with E-state index in [4.69, 9.17) is 25.8 Å². The summed E-state index contributed by atoms with van der Waals surface area (Å²) in [4.78, 5) is 12.6. The van der Waals surface area contributed by atoms with Crippen molar-refractivity contribution in [3.05, 3.63) is 23.8 Å². The standard InChI is InChI=1S/C17H25ClO4/c1-12(2)17(9-6-10-18,16(19)22-5)13-7-8-14(20-3)15(11-13)21-4/h7-8,11-12H,6,9-10H2,1-5H3. The van der Waals surface area contributed by atoms with Crippen LogP contribution in [0.15, 0.2) is 18.2 Å². The van der Waals surface area contributed by atoms with E-state index >= 15 is 0 Å². The Morgan fingerprint density at radius 2 is 1.82 bits per heavy atom. The Hall–Kier alpha value is -1.42. The molecule has 1 atom stereocenters. The largest absolute Gasteiger partial charge is 0.493 e. The van der Waals surface area contributed by atoms with Gasteiger partial charge >= 0.3 is 5.97 Å². The van der Waals surface area contributed by atoms with Crippen LogP contribution in [0.4, 0.5) is 0 Å². The smallest absolute Gasteiger partial charge is 0.316 e. The van der Waals surface area contributed by atoms with Crippen LogP contribution in [0.25, 0.3) is 0 Å². The molecule has 4 nitrogen and oxygen atoms in total. The van der Waals surface area contributed by atoms with E-state index in [1.807, 2.05) is 32.0 Å². The number of ether oxygens (including phenoxy) is 3. The van der Waals surface area contributed by atoms with Crippen molar-refractivity contribution in [1.82, 2.24) is 0 Å². The molecule has 0 aliphatic heterocycles. The summed E-state index contributed by atoms with van der Waals surface area (Å²) < 4.78 is 15.7. The molecule has 5 heteroatoms. The summed E-state index contributed by atoms with van der Waals surface area (Å²) in [7, 11) is 4.58. The maximum Gasteiger partial charge on any atom is 0.316 e. The monoisotopic (exact) mass is 328 g/mol. The lowest BCUT2D eigenvalue weighted by Gasteiger charge is -2.35. The summed E-state index contributed by atoms with van der Waals surface area (Å²) in [6, 6.07) is 5.56. The van der Waals surface area contributed by atoms with Gasteiger partial charge in [0.1, 0.15) is 0 Å². The van der Waals surface area contributed by atoms with E-state index in [1.165, 1.54) is 7.11 Å². The van der Waals surface area contributed by atoms with Crippen LogP contribution in [0.1, 0.15) is 32.3 Å². The van der Waals surface area contributed by atoms with E-state index in [0.717, 1.165) is 12.0 Å². The van der Waals surface area contributed by atoms with Crippen LogP contribution in [0.2, 0.25) is 0 Å². The Balaban J connectivity index is 3.45. The van der Waals surface area contributed by atoms with Crippen molar-refractivity contribution in [2.24, 2.45) is 5.92 Å². The number of rotatable bonds is 8. The first-order valence-electron chi connectivity index (χ1n) is 7.34. The molecule has 1 aromatic carbocycles. The molecule has 0 amide bonds. The van der Waals surface area contributed by atoms with Gasteiger partial charge in [-0.3, -0.25) is 4.79 Å². The van der Waals surface area contributed by atoms with Crippen LogP contribution >= 0.6 is 11.6 Å². The van der Waals surface area contributed by atoms with Gasteiger partial charge in [-0.2, -0.15) is 0 Å². The first-order chi connectivity index (χ1) is 10.5. The highest BCUT2D eigenvalue weighted by Gasteiger charge is 2.44. The van der Waals surface area contributed by atoms with Gasteiger partial charge in [0, 0.05) is 5.88 Å². The van der Waals surface area contributed by atoms with Gasteiger partial charge in [0.25, 0.3) is 0 Å². The fourth-order valence-electron chi connectivity index (χ4n) is 2.86. The van der Waals surface area contributed by atoms with E-state index < -0.39 is 5.41 Å². The number of hydrogen-bond acceptors (Lipinski definition) is 4. The zero-order valence-electron chi connectivity index (χ0n) is 13.9. The molecule has 0 heterocycles. The van der Waals surface area contributed by atoms with E-state index in [2.05, 4.69) is 0 Å². The van der Waals surface area contributed by atoms with Crippen molar-refractivity contribution in [3.8, 4) is 11.5 Å². The first kappa shape index (κ1) is 18.6. The summed E-state index contributed by atoms with van der Waals surface area (Å²) in [5, 5.41) is 0. The number of hydrogen-bond donors (Lipinski definition) is 0. The summed E-state index contributed by atoms with van der Waals surface area (Å²) in [5.74, 6) is 1.53. The lowest BCUT2D eigenvalue weighted by molar-refractivity contribution is -0.150. The van der Waals surface area contributed by atoms with Gasteiger partial charge in [0.05, 0.1) is 26.7 Å². The van der Waals surface area contributed by atoms with Crippen molar-refractivity contribution in [2.45, 2.75) is 32.1 Å². The second kappa shape index (κ2) is 8.28. The Kier molecular flexibility index (Phi) is 7.01. The summed E-state index contributed by atoms with van der Waals surface area (Å²) in [5.41, 5.74) is 0.112. The fourth-order valence-corrected chi connectivity index (χ4v) is 3.00. The molecule has 1 unspecified atom stereocenters. The first-order valence-corrected chi connectivity index (χ1v) is 7.88. The molecule has 0 radical (unpaired) electrons. The summed E-state index contributed by atoms with van der Waals surface area (Å²) in [6.45, 7) is 4.03. The Morgan fingerprint density at radius 1 is 1.18 bits per heavy atom. The number of carbonyl (C=O) groups is 1. The number of benzene rings is 1. The van der Waals surface area contributed by atoms with Crippen molar-refractivity contribution in [2.75, 3.05) is 27.2 Å². The van der Waals surface area contributed by atoms with Gasteiger partial charge in [-0.15, -0.1) is 11.6 Å². The molecule has 124 valence electrons. The molecule has 22 heavy (non-hydrogen) atoms. The zero-order valence-corrected chi connectivity index (χ0v) is 14.7. The maximum atomic E-state index is 12.6. The summed E-state index contributed by atoms with van der Waals surface area (Å²) >= 11 is 5.86. The van der Waals surface area contributed by atoms with E-state index in [-0.39, 0.29) is 11.9 Å². The second-order valence-electron chi connectivity index (χ2n) is 5.48. The SMILES string of the molecule is COC(=O)C(CCCCl)(c1ccc(OC)c(OC)c1)C(C)C. The number of alkyl halides is 1. The predicted octanol–water partition coefficient (Wildman–Crippen LogP) is 3.79. The number of esters is 1. The van der Waals surface area contributed by atoms with Crippen LogP contribution in [0.5, 0.6) is 11.5 Å². The van der Waals surface area contributed by atoms with Crippen LogP contribution in [-0.4, -0.2) is 33.2 Å². The second-order valence-corrected chi connectivity index (χ2v) is 5.86. The maximum absolute atomic E-state index is 12.6. The van der Waals surface area contributed by atoms with Gasteiger partial charge in [0.2, 0.25) is 0 Å². The molecule has 1 aromatic rings. The molecule has 0 N–H and O–H groups in total. The Labute approximate surface area is 137 Å². The van der Waals surface area contributed by atoms with Crippen molar-refractivity contribution in [1.29, 1.82) is 0 Å². The molecule has 0 aliphatic rings. The van der Waals surface area contributed by atoms with E-state index in [0.29, 0.717) is 23.8 Å². The molecule has 0 spiro atoms. The zero-order chi connectivity index (χ0) is 16.8. The molecule has 0 aliphatic carbocycles. The van der Waals surface area contributed by atoms with Gasteiger partial charge in [0.15, 0.2) is 11.5 Å². The highest BCUT2D eigenvalue weighted by Crippen LogP contribution is 2.41. The third-order valence-electron chi connectivity index (χ3n) is 4.14. The minimum Gasteiger partial charge on any atom is -0.493 e. The molecular formula is C17H25ClO4. The van der Waals surface area contributed by atoms with Crippen molar-refractivity contribution >= 4 is 17.6 Å². The van der Waals surface area contributed by atoms with Crippen LogP contribution < -0.4 is 9.47 Å². The van der Waals surface area contributed by atoms with Crippen LogP contribution in [0, 0.1) is 5.92 Å². The molecule has 1 rings (SSSR count). The quantitative estimate of drug-likeness (QED) is 0.538. The third-order valence-corrected chi connectivity index (χ3v) is 4.41. The molecule has 0 saturated carbocycles. The van der Waals surface area contributed by atoms with Gasteiger partial charge in [-0.1, -0.05) is 19.9 Å². The lowest BCUT2D eigenvalue weighted by Crippen LogP contribution is -2.42. The van der Waals surface area contributed by atoms with Crippen LogP contribution in [-0.2, 0) is 14.9 Å². The Morgan fingerprint density at radius 3 is 2.27 bits per heavy atom. The lowest BCUT2D eigenvalue weighted by atomic mass is 9.68. The van der Waals surface area contributed by atoms with Crippen molar-refractivity contribution in [3.63, 3.8) is 0 Å². The molecule has 0 fully saturated rings. The van der Waals surface area contributed by atoms with Gasteiger partial charge < -0.3 is 14.2 Å². The molecule has 0 saturated heterocycles. The topological polar surface area (TPSA) is 44.8 Å². The molecule has 0 bridgehead atoms. The highest BCUT2D eigenvalue weighted by molar-refractivity contribution is 6.17. The normalized spacial score (nSPS) is 13.6. The number of carbonyl (C=O) groups excluding carboxylic acids is 1. The van der Waals surface area contributed by atoms with Crippen LogP contribution in [0.3, 0.4) is 0 Å². The predicted molar refractivity (Wildman–Crippen MR) is 88.0 cm³/mol. The van der Waals surface area contributed by atoms with Gasteiger partial charge in [-0.25, -0.2) is 0 Å². The van der Waals surface area contributed by atoms with E-state index in [9.17, 15) is 4.79 Å². The average molecular weight is 329 g/mol. The average Bonchev–Trinajstić information content (AvgIpc) is 2.54. The number of methoxy groups -OCH3 is 3. The molecular weight excluding hydrogens is 304 g/mol.